The van der Waals surface area contributed by atoms with E-state index >= 15 is 0 Å². The highest BCUT2D eigenvalue weighted by Crippen LogP contribution is 2.39. The summed E-state index contributed by atoms with van der Waals surface area (Å²) < 4.78 is 23.1. The van der Waals surface area contributed by atoms with E-state index in [2.05, 4.69) is 0 Å². The standard InChI is InChI=1S/C10H14N2O4S/c1-10(9(12)14)5-6(8(11)13)3-4-7(10)17(2,15)16/h3-4H,5H2,1-2H3,(H2,11,13)(H2,12,14). The molecule has 0 radical (unpaired) electrons. The van der Waals surface area contributed by atoms with Crippen molar-refractivity contribution in [2.24, 2.45) is 16.9 Å². The first-order chi connectivity index (χ1) is 7.59. The lowest BCUT2D eigenvalue weighted by Gasteiger charge is -2.30. The fourth-order valence-corrected chi connectivity index (χ4v) is 3.10. The van der Waals surface area contributed by atoms with Crippen molar-refractivity contribution in [1.29, 1.82) is 0 Å². The molecule has 0 bridgehead atoms. The molecule has 17 heavy (non-hydrogen) atoms. The number of rotatable bonds is 3. The Hall–Kier alpha value is -1.63. The highest BCUT2D eigenvalue weighted by molar-refractivity contribution is 7.94. The zero-order valence-electron chi connectivity index (χ0n) is 9.56. The lowest BCUT2D eigenvalue weighted by atomic mass is 9.79. The molecular formula is C10H14N2O4S. The summed E-state index contributed by atoms with van der Waals surface area (Å²) in [6.45, 7) is 1.39. The largest absolute Gasteiger partial charge is 0.369 e. The molecule has 0 saturated heterocycles. The van der Waals surface area contributed by atoms with Gasteiger partial charge in [0, 0.05) is 11.8 Å². The highest BCUT2D eigenvalue weighted by atomic mass is 32.2. The van der Waals surface area contributed by atoms with Crippen LogP contribution in [0.5, 0.6) is 0 Å². The van der Waals surface area contributed by atoms with Crippen LogP contribution in [0.4, 0.5) is 0 Å². The summed E-state index contributed by atoms with van der Waals surface area (Å²) in [4.78, 5) is 22.4. The number of carbonyl (C=O) groups is 2. The fraction of sp³-hybridized carbons (Fsp3) is 0.400. The van der Waals surface area contributed by atoms with Gasteiger partial charge in [-0.15, -0.1) is 0 Å². The van der Waals surface area contributed by atoms with Gasteiger partial charge in [-0.1, -0.05) is 6.08 Å². The molecule has 1 aliphatic carbocycles. The molecule has 7 heteroatoms. The molecule has 2 amide bonds. The summed E-state index contributed by atoms with van der Waals surface area (Å²) in [5, 5.41) is 0. The number of sulfone groups is 1. The van der Waals surface area contributed by atoms with Gasteiger partial charge in [0.25, 0.3) is 0 Å². The van der Waals surface area contributed by atoms with Crippen LogP contribution in [0.3, 0.4) is 0 Å². The molecule has 1 unspecified atom stereocenters. The molecule has 94 valence electrons. The van der Waals surface area contributed by atoms with Gasteiger partial charge < -0.3 is 11.5 Å². The molecule has 0 heterocycles. The number of hydrogen-bond donors (Lipinski definition) is 2. The quantitative estimate of drug-likeness (QED) is 0.689. The smallest absolute Gasteiger partial charge is 0.244 e. The maximum absolute atomic E-state index is 11.6. The summed E-state index contributed by atoms with van der Waals surface area (Å²) in [5.74, 6) is -1.50. The molecule has 0 spiro atoms. The zero-order valence-corrected chi connectivity index (χ0v) is 10.4. The lowest BCUT2D eigenvalue weighted by Crippen LogP contribution is -2.41. The van der Waals surface area contributed by atoms with Crippen LogP contribution in [-0.2, 0) is 19.4 Å². The van der Waals surface area contributed by atoms with Crippen molar-refractivity contribution >= 4 is 21.7 Å². The fourth-order valence-electron chi connectivity index (χ4n) is 1.80. The number of primary amides is 2. The Morgan fingerprint density at radius 3 is 2.18 bits per heavy atom. The Balaban J connectivity index is 3.43. The van der Waals surface area contributed by atoms with Crippen molar-refractivity contribution in [3.63, 3.8) is 0 Å². The molecular weight excluding hydrogens is 244 g/mol. The number of allylic oxidation sites excluding steroid dienone is 2. The van der Waals surface area contributed by atoms with Gasteiger partial charge in [-0.3, -0.25) is 9.59 Å². The van der Waals surface area contributed by atoms with Crippen molar-refractivity contribution in [2.75, 3.05) is 6.26 Å². The molecule has 1 atom stereocenters. The summed E-state index contributed by atoms with van der Waals surface area (Å²) in [6.07, 6.45) is 3.41. The Bertz CT molecular complexity index is 545. The SMILES string of the molecule is CC1(C(N)=O)CC(C(N)=O)=CC=C1S(C)(=O)=O. The van der Waals surface area contributed by atoms with Gasteiger partial charge in [-0.2, -0.15) is 0 Å². The van der Waals surface area contributed by atoms with Crippen LogP contribution in [0.2, 0.25) is 0 Å². The third-order valence-corrected chi connectivity index (χ3v) is 4.17. The summed E-state index contributed by atoms with van der Waals surface area (Å²) in [6, 6.07) is 0. The van der Waals surface area contributed by atoms with Crippen LogP contribution in [-0.4, -0.2) is 26.5 Å². The van der Waals surface area contributed by atoms with E-state index in [1.54, 1.807) is 0 Å². The lowest BCUT2D eigenvalue weighted by molar-refractivity contribution is -0.124. The summed E-state index contributed by atoms with van der Waals surface area (Å²) in [5.41, 5.74) is 9.09. The predicted octanol–water partition coefficient (Wildman–Crippen LogP) is -0.778. The van der Waals surface area contributed by atoms with Gasteiger partial charge in [-0.25, -0.2) is 8.42 Å². The van der Waals surface area contributed by atoms with Crippen LogP contribution in [0.1, 0.15) is 13.3 Å². The molecule has 0 aromatic carbocycles. The third-order valence-electron chi connectivity index (χ3n) is 2.78. The van der Waals surface area contributed by atoms with Crippen molar-refractivity contribution in [3.8, 4) is 0 Å². The molecule has 0 saturated carbocycles. The average molecular weight is 258 g/mol. The molecule has 0 aliphatic heterocycles. The monoisotopic (exact) mass is 258 g/mol. The zero-order chi connectivity index (χ0) is 13.4. The van der Waals surface area contributed by atoms with Crippen molar-refractivity contribution in [1.82, 2.24) is 0 Å². The first kappa shape index (κ1) is 13.4. The highest BCUT2D eigenvalue weighted by Gasteiger charge is 2.43. The van der Waals surface area contributed by atoms with Gasteiger partial charge in [0.1, 0.15) is 0 Å². The van der Waals surface area contributed by atoms with E-state index in [9.17, 15) is 18.0 Å². The molecule has 0 fully saturated rings. The maximum Gasteiger partial charge on any atom is 0.244 e. The molecule has 0 aromatic rings. The van der Waals surface area contributed by atoms with Gasteiger partial charge in [0.05, 0.1) is 10.3 Å². The van der Waals surface area contributed by atoms with Crippen LogP contribution in [0, 0.1) is 5.41 Å². The second-order valence-corrected chi connectivity index (χ2v) is 6.22. The molecule has 1 rings (SSSR count). The van der Waals surface area contributed by atoms with Crippen LogP contribution in [0.15, 0.2) is 22.6 Å². The summed E-state index contributed by atoms with van der Waals surface area (Å²) in [7, 11) is -3.56. The van der Waals surface area contributed by atoms with Crippen molar-refractivity contribution in [3.05, 3.63) is 22.6 Å². The second kappa shape index (κ2) is 3.99. The first-order valence-electron chi connectivity index (χ1n) is 4.80. The molecule has 4 N–H and O–H groups in total. The topological polar surface area (TPSA) is 120 Å². The van der Waals surface area contributed by atoms with Crippen LogP contribution in [0.25, 0.3) is 0 Å². The van der Waals surface area contributed by atoms with E-state index < -0.39 is 27.1 Å². The Labute approximate surface area is 99.3 Å². The van der Waals surface area contributed by atoms with E-state index in [4.69, 9.17) is 11.5 Å². The maximum atomic E-state index is 11.6. The first-order valence-corrected chi connectivity index (χ1v) is 6.69. The van der Waals surface area contributed by atoms with Gasteiger partial charge in [0.15, 0.2) is 9.84 Å². The number of hydrogen-bond acceptors (Lipinski definition) is 4. The van der Waals surface area contributed by atoms with Crippen molar-refractivity contribution < 1.29 is 18.0 Å². The normalized spacial score (nSPS) is 24.8. The van der Waals surface area contributed by atoms with Gasteiger partial charge in [-0.05, 0) is 19.4 Å². The summed E-state index contributed by atoms with van der Waals surface area (Å²) >= 11 is 0. The minimum absolute atomic E-state index is 0.0949. The minimum Gasteiger partial charge on any atom is -0.369 e. The Morgan fingerprint density at radius 2 is 1.82 bits per heavy atom. The average Bonchev–Trinajstić information content (AvgIpc) is 2.15. The van der Waals surface area contributed by atoms with Crippen molar-refractivity contribution in [2.45, 2.75) is 13.3 Å². The molecule has 6 nitrogen and oxygen atoms in total. The van der Waals surface area contributed by atoms with E-state index in [0.29, 0.717) is 0 Å². The van der Waals surface area contributed by atoms with E-state index in [1.807, 2.05) is 0 Å². The predicted molar refractivity (Wildman–Crippen MR) is 62.1 cm³/mol. The van der Waals surface area contributed by atoms with Gasteiger partial charge in [0.2, 0.25) is 11.8 Å². The van der Waals surface area contributed by atoms with Crippen LogP contribution >= 0.6 is 0 Å². The third kappa shape index (κ3) is 2.38. The number of amides is 2. The molecule has 0 aromatic heterocycles. The Morgan fingerprint density at radius 1 is 1.29 bits per heavy atom. The second-order valence-electron chi connectivity index (χ2n) is 4.23. The number of nitrogens with two attached hydrogens (primary N) is 2. The number of carbonyl (C=O) groups excluding carboxylic acids is 2. The van der Waals surface area contributed by atoms with Crippen LogP contribution < -0.4 is 11.5 Å². The van der Waals surface area contributed by atoms with E-state index in [-0.39, 0.29) is 16.9 Å². The Kier molecular flexibility index (Phi) is 3.15. The molecule has 1 aliphatic rings. The van der Waals surface area contributed by atoms with Gasteiger partial charge >= 0.3 is 0 Å². The minimum atomic E-state index is -3.56. The van der Waals surface area contributed by atoms with E-state index in [0.717, 1.165) is 6.26 Å². The van der Waals surface area contributed by atoms with E-state index in [1.165, 1.54) is 19.1 Å².